The standard InChI is InChI=1S/C21H25NO3/c1-21(2,3)25-20(23)22-15-7-6-8-16(22)12-14(11-15)18-13-24-19-10-5-4-9-17(18)19/h4-5,9-11,13,15-16H,6-8,12H2,1-3H3. The third-order valence-electron chi connectivity index (χ3n) is 5.07. The van der Waals surface area contributed by atoms with Gasteiger partial charge in [0.25, 0.3) is 0 Å². The molecule has 0 saturated carbocycles. The minimum Gasteiger partial charge on any atom is -0.464 e. The van der Waals surface area contributed by atoms with E-state index in [0.717, 1.165) is 42.2 Å². The van der Waals surface area contributed by atoms with Gasteiger partial charge in [0.05, 0.1) is 12.3 Å². The van der Waals surface area contributed by atoms with Crippen molar-refractivity contribution in [1.29, 1.82) is 0 Å². The summed E-state index contributed by atoms with van der Waals surface area (Å²) in [6.07, 6.45) is 7.96. The Labute approximate surface area is 148 Å². The molecule has 0 radical (unpaired) electrons. The lowest BCUT2D eigenvalue weighted by atomic mass is 9.83. The molecule has 2 aliphatic heterocycles. The van der Waals surface area contributed by atoms with E-state index in [-0.39, 0.29) is 18.2 Å². The molecule has 1 amide bonds. The van der Waals surface area contributed by atoms with Gasteiger partial charge in [-0.3, -0.25) is 4.90 Å². The molecule has 2 aliphatic rings. The van der Waals surface area contributed by atoms with Gasteiger partial charge >= 0.3 is 6.09 Å². The van der Waals surface area contributed by atoms with E-state index < -0.39 is 5.60 Å². The van der Waals surface area contributed by atoms with Crippen LogP contribution in [0.15, 0.2) is 41.0 Å². The molecule has 132 valence electrons. The number of nitrogens with zero attached hydrogens (tertiary/aromatic N) is 1. The number of carbonyl (C=O) groups is 1. The average molecular weight is 339 g/mol. The molecule has 1 saturated heterocycles. The number of fused-ring (bicyclic) bond motifs is 3. The number of hydrogen-bond acceptors (Lipinski definition) is 3. The van der Waals surface area contributed by atoms with Crippen molar-refractivity contribution >= 4 is 22.6 Å². The first-order chi connectivity index (χ1) is 11.9. The summed E-state index contributed by atoms with van der Waals surface area (Å²) >= 11 is 0. The Morgan fingerprint density at radius 2 is 2.04 bits per heavy atom. The second-order valence-electron chi connectivity index (χ2n) is 8.08. The van der Waals surface area contributed by atoms with Crippen LogP contribution >= 0.6 is 0 Å². The Hall–Kier alpha value is -2.23. The molecule has 4 rings (SSSR count). The first kappa shape index (κ1) is 16.2. The summed E-state index contributed by atoms with van der Waals surface area (Å²) in [4.78, 5) is 14.6. The first-order valence-electron chi connectivity index (χ1n) is 9.11. The number of para-hydroxylation sites is 1. The summed E-state index contributed by atoms with van der Waals surface area (Å²) in [6.45, 7) is 5.76. The Morgan fingerprint density at radius 1 is 1.24 bits per heavy atom. The van der Waals surface area contributed by atoms with E-state index in [1.54, 1.807) is 0 Å². The third kappa shape index (κ3) is 3.06. The fourth-order valence-electron chi connectivity index (χ4n) is 4.06. The quantitative estimate of drug-likeness (QED) is 0.700. The van der Waals surface area contributed by atoms with E-state index in [2.05, 4.69) is 12.1 Å². The van der Waals surface area contributed by atoms with Crippen molar-refractivity contribution in [2.24, 2.45) is 0 Å². The summed E-state index contributed by atoms with van der Waals surface area (Å²) < 4.78 is 11.4. The maximum absolute atomic E-state index is 12.7. The van der Waals surface area contributed by atoms with Crippen molar-refractivity contribution in [3.05, 3.63) is 42.2 Å². The van der Waals surface area contributed by atoms with Crippen LogP contribution in [0.5, 0.6) is 0 Å². The van der Waals surface area contributed by atoms with Gasteiger partial charge < -0.3 is 9.15 Å². The fraction of sp³-hybridized carbons (Fsp3) is 0.476. The SMILES string of the molecule is CC(C)(C)OC(=O)N1C2C=C(c3coc4ccccc34)CC1CCC2. The van der Waals surface area contributed by atoms with Crippen molar-refractivity contribution in [3.63, 3.8) is 0 Å². The minimum absolute atomic E-state index is 0.117. The number of amides is 1. The Balaban J connectivity index is 1.66. The highest BCUT2D eigenvalue weighted by atomic mass is 16.6. The van der Waals surface area contributed by atoms with Gasteiger partial charge in [-0.15, -0.1) is 0 Å². The molecule has 4 nitrogen and oxygen atoms in total. The Bertz CT molecular complexity index is 827. The van der Waals surface area contributed by atoms with Gasteiger partial charge in [0.15, 0.2) is 0 Å². The molecule has 2 bridgehead atoms. The summed E-state index contributed by atoms with van der Waals surface area (Å²) in [5, 5.41) is 1.15. The topological polar surface area (TPSA) is 42.7 Å². The van der Waals surface area contributed by atoms with Crippen LogP contribution in [-0.2, 0) is 4.74 Å². The second-order valence-corrected chi connectivity index (χ2v) is 8.08. The minimum atomic E-state index is -0.462. The van der Waals surface area contributed by atoms with E-state index >= 15 is 0 Å². The lowest BCUT2D eigenvalue weighted by Gasteiger charge is -2.45. The van der Waals surface area contributed by atoms with Crippen molar-refractivity contribution in [2.45, 2.75) is 64.1 Å². The number of piperidine rings is 1. The molecule has 25 heavy (non-hydrogen) atoms. The molecule has 0 spiro atoms. The third-order valence-corrected chi connectivity index (χ3v) is 5.07. The van der Waals surface area contributed by atoms with E-state index in [0.29, 0.717) is 0 Å². The van der Waals surface area contributed by atoms with Crippen LogP contribution < -0.4 is 0 Å². The molecular formula is C21H25NO3. The monoisotopic (exact) mass is 339 g/mol. The first-order valence-corrected chi connectivity index (χ1v) is 9.11. The highest BCUT2D eigenvalue weighted by Crippen LogP contribution is 2.40. The number of hydrogen-bond donors (Lipinski definition) is 0. The molecule has 2 aromatic rings. The maximum Gasteiger partial charge on any atom is 0.411 e. The number of rotatable bonds is 1. The lowest BCUT2D eigenvalue weighted by Crippen LogP contribution is -2.52. The molecule has 0 aliphatic carbocycles. The molecule has 3 heterocycles. The zero-order chi connectivity index (χ0) is 17.6. The number of carbonyl (C=O) groups excluding carboxylic acids is 1. The van der Waals surface area contributed by atoms with Gasteiger partial charge in [-0.25, -0.2) is 4.79 Å². The summed E-state index contributed by atoms with van der Waals surface area (Å²) in [7, 11) is 0. The van der Waals surface area contributed by atoms with E-state index in [1.807, 2.05) is 50.1 Å². The Morgan fingerprint density at radius 3 is 2.80 bits per heavy atom. The van der Waals surface area contributed by atoms with Gasteiger partial charge in [-0.05, 0) is 58.1 Å². The lowest BCUT2D eigenvalue weighted by molar-refractivity contribution is 0.0000924. The largest absolute Gasteiger partial charge is 0.464 e. The average Bonchev–Trinajstić information content (AvgIpc) is 2.96. The predicted molar refractivity (Wildman–Crippen MR) is 98.3 cm³/mol. The molecule has 4 heteroatoms. The van der Waals surface area contributed by atoms with E-state index in [4.69, 9.17) is 9.15 Å². The van der Waals surface area contributed by atoms with Crippen molar-refractivity contribution < 1.29 is 13.9 Å². The van der Waals surface area contributed by atoms with Crippen LogP contribution in [-0.4, -0.2) is 28.7 Å². The molecule has 2 atom stereocenters. The van der Waals surface area contributed by atoms with Crippen LogP contribution in [0.3, 0.4) is 0 Å². The number of furan rings is 1. The van der Waals surface area contributed by atoms with Gasteiger partial charge in [-0.1, -0.05) is 24.3 Å². The normalized spacial score (nSPS) is 23.5. The Kier molecular flexibility index (Phi) is 3.86. The van der Waals surface area contributed by atoms with Crippen molar-refractivity contribution in [3.8, 4) is 0 Å². The summed E-state index contributed by atoms with van der Waals surface area (Å²) in [6, 6.07) is 8.46. The van der Waals surface area contributed by atoms with Crippen molar-refractivity contribution in [2.75, 3.05) is 0 Å². The molecule has 0 N–H and O–H groups in total. The van der Waals surface area contributed by atoms with Gasteiger partial charge in [0.2, 0.25) is 0 Å². The highest BCUT2D eigenvalue weighted by Gasteiger charge is 2.39. The van der Waals surface area contributed by atoms with Crippen LogP contribution in [0.25, 0.3) is 16.5 Å². The summed E-state index contributed by atoms with van der Waals surface area (Å²) in [5.74, 6) is 0. The van der Waals surface area contributed by atoms with Crippen molar-refractivity contribution in [1.82, 2.24) is 4.90 Å². The summed E-state index contributed by atoms with van der Waals surface area (Å²) in [5.41, 5.74) is 2.91. The van der Waals surface area contributed by atoms with Crippen LogP contribution in [0.2, 0.25) is 0 Å². The van der Waals surface area contributed by atoms with Gasteiger partial charge in [0, 0.05) is 17.0 Å². The smallest absolute Gasteiger partial charge is 0.411 e. The molecule has 2 unspecified atom stereocenters. The highest BCUT2D eigenvalue weighted by molar-refractivity contribution is 5.91. The predicted octanol–water partition coefficient (Wildman–Crippen LogP) is 5.38. The zero-order valence-electron chi connectivity index (χ0n) is 15.1. The fourth-order valence-corrected chi connectivity index (χ4v) is 4.06. The van der Waals surface area contributed by atoms with Crippen LogP contribution in [0.4, 0.5) is 4.79 Å². The number of ether oxygens (including phenoxy) is 1. The molecule has 1 aromatic carbocycles. The second kappa shape index (κ2) is 5.94. The maximum atomic E-state index is 12.7. The molecule has 1 aromatic heterocycles. The molecule has 1 fully saturated rings. The van der Waals surface area contributed by atoms with Crippen LogP contribution in [0.1, 0.15) is 52.0 Å². The molecular weight excluding hydrogens is 314 g/mol. The van der Waals surface area contributed by atoms with Gasteiger partial charge in [-0.2, -0.15) is 0 Å². The number of benzene rings is 1. The van der Waals surface area contributed by atoms with Gasteiger partial charge in [0.1, 0.15) is 11.2 Å². The van der Waals surface area contributed by atoms with Crippen LogP contribution in [0, 0.1) is 0 Å². The zero-order valence-corrected chi connectivity index (χ0v) is 15.1. The van der Waals surface area contributed by atoms with E-state index in [1.165, 1.54) is 5.57 Å². The van der Waals surface area contributed by atoms with E-state index in [9.17, 15) is 4.79 Å².